The summed E-state index contributed by atoms with van der Waals surface area (Å²) in [6.07, 6.45) is 5.74. The molecule has 1 aromatic rings. The average Bonchev–Trinajstić information content (AvgIpc) is 2.75. The van der Waals surface area contributed by atoms with E-state index in [2.05, 4.69) is 0 Å². The fourth-order valence-corrected chi connectivity index (χ4v) is 3.37. The molecule has 106 valence electrons. The summed E-state index contributed by atoms with van der Waals surface area (Å²) in [4.78, 5) is 26.8. The fourth-order valence-electron chi connectivity index (χ4n) is 3.37. The fraction of sp³-hybridized carbons (Fsp3) is 0.529. The zero-order chi connectivity index (χ0) is 13.9. The molecule has 1 unspecified atom stereocenters. The summed E-state index contributed by atoms with van der Waals surface area (Å²) >= 11 is 0. The molecule has 0 bridgehead atoms. The standard InChI is InChI=1S/C17H21NO2/c19-16-12-14(11-13-7-3-4-8-15(13)16)17(20)18-9-5-1-2-6-10-18/h3-4,7-8,14H,1-2,5-6,9-12H2. The topological polar surface area (TPSA) is 37.4 Å². The maximum Gasteiger partial charge on any atom is 0.226 e. The zero-order valence-corrected chi connectivity index (χ0v) is 11.8. The Bertz CT molecular complexity index is 515. The number of amides is 1. The number of fused-ring (bicyclic) bond motifs is 1. The summed E-state index contributed by atoms with van der Waals surface area (Å²) in [5.74, 6) is 0.172. The third-order valence-electron chi connectivity index (χ3n) is 4.48. The minimum Gasteiger partial charge on any atom is -0.342 e. The van der Waals surface area contributed by atoms with Crippen molar-refractivity contribution >= 4 is 11.7 Å². The van der Waals surface area contributed by atoms with Crippen molar-refractivity contribution in [2.75, 3.05) is 13.1 Å². The van der Waals surface area contributed by atoms with Crippen molar-refractivity contribution in [3.63, 3.8) is 0 Å². The Morgan fingerprint density at radius 3 is 2.45 bits per heavy atom. The van der Waals surface area contributed by atoms with Crippen LogP contribution < -0.4 is 0 Å². The van der Waals surface area contributed by atoms with Gasteiger partial charge in [-0.2, -0.15) is 0 Å². The van der Waals surface area contributed by atoms with Crippen molar-refractivity contribution in [2.45, 2.75) is 38.5 Å². The molecule has 3 rings (SSSR count). The van der Waals surface area contributed by atoms with Gasteiger partial charge in [0.2, 0.25) is 5.91 Å². The summed E-state index contributed by atoms with van der Waals surface area (Å²) in [5.41, 5.74) is 1.85. The molecule has 1 fully saturated rings. The van der Waals surface area contributed by atoms with Crippen LogP contribution in [-0.4, -0.2) is 29.7 Å². The van der Waals surface area contributed by atoms with Gasteiger partial charge in [0.15, 0.2) is 5.78 Å². The Balaban J connectivity index is 1.75. The summed E-state index contributed by atoms with van der Waals surface area (Å²) in [6, 6.07) is 7.71. The first-order valence-corrected chi connectivity index (χ1v) is 7.65. The van der Waals surface area contributed by atoms with Crippen LogP contribution in [0.15, 0.2) is 24.3 Å². The second-order valence-electron chi connectivity index (χ2n) is 5.92. The molecular weight excluding hydrogens is 250 g/mol. The van der Waals surface area contributed by atoms with Gasteiger partial charge in [-0.15, -0.1) is 0 Å². The van der Waals surface area contributed by atoms with Crippen LogP contribution >= 0.6 is 0 Å². The molecule has 1 aliphatic heterocycles. The lowest BCUT2D eigenvalue weighted by atomic mass is 9.82. The highest BCUT2D eigenvalue weighted by Crippen LogP contribution is 2.27. The van der Waals surface area contributed by atoms with E-state index in [-0.39, 0.29) is 17.6 Å². The monoisotopic (exact) mass is 271 g/mol. The first-order valence-electron chi connectivity index (χ1n) is 7.65. The molecule has 1 aliphatic carbocycles. The van der Waals surface area contributed by atoms with Crippen molar-refractivity contribution in [2.24, 2.45) is 5.92 Å². The highest BCUT2D eigenvalue weighted by Gasteiger charge is 2.32. The first-order chi connectivity index (χ1) is 9.75. The van der Waals surface area contributed by atoms with Gasteiger partial charge in [-0.3, -0.25) is 9.59 Å². The minimum absolute atomic E-state index is 0.125. The highest BCUT2D eigenvalue weighted by atomic mass is 16.2. The van der Waals surface area contributed by atoms with Gasteiger partial charge in [-0.05, 0) is 24.8 Å². The average molecular weight is 271 g/mol. The molecule has 0 radical (unpaired) electrons. The van der Waals surface area contributed by atoms with Crippen molar-refractivity contribution in [1.82, 2.24) is 4.90 Å². The van der Waals surface area contributed by atoms with Crippen LogP contribution in [0.1, 0.15) is 48.0 Å². The van der Waals surface area contributed by atoms with Crippen molar-refractivity contribution < 1.29 is 9.59 Å². The molecule has 2 aliphatic rings. The Morgan fingerprint density at radius 2 is 1.70 bits per heavy atom. The van der Waals surface area contributed by atoms with Gasteiger partial charge >= 0.3 is 0 Å². The number of carbonyl (C=O) groups is 2. The summed E-state index contributed by atoms with van der Waals surface area (Å²) in [7, 11) is 0. The van der Waals surface area contributed by atoms with Crippen LogP contribution in [0.4, 0.5) is 0 Å². The summed E-state index contributed by atoms with van der Waals surface area (Å²) in [6.45, 7) is 1.73. The van der Waals surface area contributed by atoms with Gasteiger partial charge in [0.05, 0.1) is 0 Å². The quantitative estimate of drug-likeness (QED) is 0.787. The minimum atomic E-state index is -0.143. The van der Waals surface area contributed by atoms with Crippen LogP contribution in [-0.2, 0) is 11.2 Å². The summed E-state index contributed by atoms with van der Waals surface area (Å²) in [5, 5.41) is 0. The van der Waals surface area contributed by atoms with Crippen molar-refractivity contribution in [3.05, 3.63) is 35.4 Å². The Labute approximate surface area is 120 Å². The van der Waals surface area contributed by atoms with E-state index >= 15 is 0 Å². The van der Waals surface area contributed by atoms with E-state index in [9.17, 15) is 9.59 Å². The number of benzene rings is 1. The predicted octanol–water partition coefficient (Wildman–Crippen LogP) is 2.83. The number of Topliss-reactive ketones (excluding diaryl/α,β-unsaturated/α-hetero) is 1. The van der Waals surface area contributed by atoms with Gasteiger partial charge < -0.3 is 4.90 Å². The SMILES string of the molecule is O=C1CC(C(=O)N2CCCCCC2)Cc2ccccc21. The van der Waals surface area contributed by atoms with Crippen molar-refractivity contribution in [1.29, 1.82) is 0 Å². The number of likely N-dealkylation sites (tertiary alicyclic amines) is 1. The lowest BCUT2D eigenvalue weighted by molar-refractivity contribution is -0.135. The molecule has 0 aromatic heterocycles. The number of hydrogen-bond donors (Lipinski definition) is 0. The van der Waals surface area contributed by atoms with Crippen LogP contribution in [0.2, 0.25) is 0 Å². The van der Waals surface area contributed by atoms with E-state index < -0.39 is 0 Å². The molecule has 1 atom stereocenters. The van der Waals surface area contributed by atoms with Gasteiger partial charge in [0, 0.05) is 31.0 Å². The van der Waals surface area contributed by atoms with Crippen LogP contribution in [0, 0.1) is 5.92 Å². The number of hydrogen-bond acceptors (Lipinski definition) is 2. The maximum atomic E-state index is 12.6. The number of carbonyl (C=O) groups excluding carboxylic acids is 2. The van der Waals surface area contributed by atoms with E-state index in [4.69, 9.17) is 0 Å². The number of nitrogens with zero attached hydrogens (tertiary/aromatic N) is 1. The van der Waals surface area contributed by atoms with E-state index in [0.29, 0.717) is 6.42 Å². The smallest absolute Gasteiger partial charge is 0.226 e. The molecule has 1 aromatic carbocycles. The lowest BCUT2D eigenvalue weighted by Gasteiger charge is -2.29. The van der Waals surface area contributed by atoms with E-state index in [1.54, 1.807) is 0 Å². The van der Waals surface area contributed by atoms with Crippen LogP contribution in [0.25, 0.3) is 0 Å². The number of rotatable bonds is 1. The zero-order valence-electron chi connectivity index (χ0n) is 11.8. The van der Waals surface area contributed by atoms with Gasteiger partial charge in [0.1, 0.15) is 0 Å². The first kappa shape index (κ1) is 13.3. The van der Waals surface area contributed by atoms with Crippen molar-refractivity contribution in [3.8, 4) is 0 Å². The largest absolute Gasteiger partial charge is 0.342 e. The maximum absolute atomic E-state index is 12.6. The highest BCUT2D eigenvalue weighted by molar-refractivity contribution is 6.01. The normalized spacial score (nSPS) is 23.1. The van der Waals surface area contributed by atoms with Gasteiger partial charge in [-0.1, -0.05) is 37.1 Å². The molecule has 1 saturated heterocycles. The predicted molar refractivity (Wildman–Crippen MR) is 77.6 cm³/mol. The molecule has 3 heteroatoms. The molecular formula is C17H21NO2. The Hall–Kier alpha value is -1.64. The third-order valence-corrected chi connectivity index (χ3v) is 4.48. The van der Waals surface area contributed by atoms with E-state index in [0.717, 1.165) is 43.5 Å². The van der Waals surface area contributed by atoms with Crippen LogP contribution in [0.5, 0.6) is 0 Å². The van der Waals surface area contributed by atoms with E-state index in [1.165, 1.54) is 12.8 Å². The molecule has 0 spiro atoms. The number of ketones is 1. The lowest BCUT2D eigenvalue weighted by Crippen LogP contribution is -2.40. The second kappa shape index (κ2) is 5.78. The summed E-state index contributed by atoms with van der Waals surface area (Å²) < 4.78 is 0. The molecule has 0 N–H and O–H groups in total. The Morgan fingerprint density at radius 1 is 1.00 bits per heavy atom. The van der Waals surface area contributed by atoms with Gasteiger partial charge in [-0.25, -0.2) is 0 Å². The van der Waals surface area contributed by atoms with Crippen LogP contribution in [0.3, 0.4) is 0 Å². The van der Waals surface area contributed by atoms with E-state index in [1.807, 2.05) is 29.2 Å². The molecule has 0 saturated carbocycles. The van der Waals surface area contributed by atoms with Gasteiger partial charge in [0.25, 0.3) is 0 Å². The molecule has 1 heterocycles. The molecule has 3 nitrogen and oxygen atoms in total. The Kier molecular flexibility index (Phi) is 3.86. The second-order valence-corrected chi connectivity index (χ2v) is 5.92. The molecule has 1 amide bonds. The third kappa shape index (κ3) is 2.62. The molecule has 20 heavy (non-hydrogen) atoms.